The summed E-state index contributed by atoms with van der Waals surface area (Å²) in [5, 5.41) is 3.91. The third-order valence-corrected chi connectivity index (χ3v) is 3.57. The van der Waals surface area contributed by atoms with E-state index in [0.29, 0.717) is 0 Å². The second kappa shape index (κ2) is 8.11. The predicted octanol–water partition coefficient (Wildman–Crippen LogP) is 1.88. The molecule has 10 heteroatoms. The number of methoxy groups -OCH3 is 1. The molecular weight excluding hydrogens is 364 g/mol. The Labute approximate surface area is 154 Å². The van der Waals surface area contributed by atoms with E-state index in [1.54, 1.807) is 13.8 Å². The van der Waals surface area contributed by atoms with Crippen LogP contribution in [0, 0.1) is 17.0 Å². The lowest BCUT2D eigenvalue weighted by molar-refractivity contribution is -0.160. The van der Waals surface area contributed by atoms with Gasteiger partial charge in [-0.1, -0.05) is 0 Å². The van der Waals surface area contributed by atoms with Crippen molar-refractivity contribution < 1.29 is 32.6 Å². The fourth-order valence-electron chi connectivity index (χ4n) is 2.09. The largest absolute Gasteiger partial charge is 0.469 e. The first kappa shape index (κ1) is 20.3. The molecule has 0 N–H and O–H groups in total. The van der Waals surface area contributed by atoms with Gasteiger partial charge in [-0.25, -0.2) is 18.3 Å². The van der Waals surface area contributed by atoms with Crippen LogP contribution in [-0.2, 0) is 26.1 Å². The highest BCUT2D eigenvalue weighted by atomic mass is 19.1. The van der Waals surface area contributed by atoms with Gasteiger partial charge in [-0.15, -0.1) is 5.10 Å². The number of esters is 2. The van der Waals surface area contributed by atoms with Crippen molar-refractivity contribution in [3.63, 3.8) is 0 Å². The lowest BCUT2D eigenvalue weighted by Gasteiger charge is -2.20. The number of hydrogen-bond acceptors (Lipinski definition) is 7. The minimum atomic E-state index is -0.999. The molecule has 1 aromatic heterocycles. The van der Waals surface area contributed by atoms with Crippen LogP contribution in [0.5, 0.6) is 6.01 Å². The Hall–Kier alpha value is -3.04. The van der Waals surface area contributed by atoms with Gasteiger partial charge in [-0.2, -0.15) is 4.98 Å². The van der Waals surface area contributed by atoms with Crippen molar-refractivity contribution in [2.45, 2.75) is 13.8 Å². The van der Waals surface area contributed by atoms with Crippen molar-refractivity contribution in [3.8, 4) is 17.4 Å². The molecule has 27 heavy (non-hydrogen) atoms. The number of carbonyl (C=O) groups excluding carboxylic acids is 2. The van der Waals surface area contributed by atoms with Gasteiger partial charge < -0.3 is 14.2 Å². The normalized spacial score (nSPS) is 11.2. The molecule has 2 rings (SSSR count). The molecule has 0 aliphatic heterocycles. The van der Waals surface area contributed by atoms with Gasteiger partial charge in [0.2, 0.25) is 0 Å². The summed E-state index contributed by atoms with van der Waals surface area (Å²) in [4.78, 5) is 27.3. The van der Waals surface area contributed by atoms with E-state index >= 15 is 0 Å². The topological polar surface area (TPSA) is 92.5 Å². The van der Waals surface area contributed by atoms with E-state index in [2.05, 4.69) is 14.8 Å². The number of carbonyl (C=O) groups is 2. The Balaban J connectivity index is 1.97. The first-order valence-electron chi connectivity index (χ1n) is 7.87. The lowest BCUT2D eigenvalue weighted by atomic mass is 9.95. The third kappa shape index (κ3) is 4.99. The standard InChI is InChI=1S/C17H19F2N3O5/c1-17(2,15(24)25-4)9-27-13(23)8-26-16-20-14(22(3)21-16)11-6-5-10(18)7-12(11)19/h5-7H,8-9H2,1-4H3. The smallest absolute Gasteiger partial charge is 0.344 e. The highest BCUT2D eigenvalue weighted by Crippen LogP contribution is 2.23. The zero-order valence-corrected chi connectivity index (χ0v) is 15.3. The van der Waals surface area contributed by atoms with Gasteiger partial charge in [0.25, 0.3) is 0 Å². The summed E-state index contributed by atoms with van der Waals surface area (Å²) < 4.78 is 42.9. The number of benzene rings is 1. The zero-order valence-electron chi connectivity index (χ0n) is 15.3. The average Bonchev–Trinajstić information content (AvgIpc) is 2.98. The molecule has 146 valence electrons. The van der Waals surface area contributed by atoms with Crippen molar-refractivity contribution in [3.05, 3.63) is 29.8 Å². The van der Waals surface area contributed by atoms with Crippen molar-refractivity contribution in [2.75, 3.05) is 20.3 Å². The number of aryl methyl sites for hydroxylation is 1. The van der Waals surface area contributed by atoms with Crippen LogP contribution in [0.3, 0.4) is 0 Å². The van der Waals surface area contributed by atoms with Gasteiger partial charge >= 0.3 is 17.9 Å². The maximum atomic E-state index is 13.9. The molecule has 2 aromatic rings. The molecule has 0 radical (unpaired) electrons. The van der Waals surface area contributed by atoms with Crippen molar-refractivity contribution in [1.29, 1.82) is 0 Å². The molecule has 1 heterocycles. The molecule has 0 aliphatic rings. The van der Waals surface area contributed by atoms with E-state index in [0.717, 1.165) is 12.1 Å². The molecule has 0 aliphatic carbocycles. The minimum Gasteiger partial charge on any atom is -0.469 e. The predicted molar refractivity (Wildman–Crippen MR) is 88.6 cm³/mol. The maximum Gasteiger partial charge on any atom is 0.344 e. The van der Waals surface area contributed by atoms with Gasteiger partial charge in [0.15, 0.2) is 12.4 Å². The second-order valence-electron chi connectivity index (χ2n) is 6.29. The Kier molecular flexibility index (Phi) is 6.09. The maximum absolute atomic E-state index is 13.9. The van der Waals surface area contributed by atoms with Crippen LogP contribution >= 0.6 is 0 Å². The summed E-state index contributed by atoms with van der Waals surface area (Å²) >= 11 is 0. The highest BCUT2D eigenvalue weighted by molar-refractivity contribution is 5.77. The lowest BCUT2D eigenvalue weighted by Crippen LogP contribution is -2.32. The van der Waals surface area contributed by atoms with Crippen LogP contribution in [-0.4, -0.2) is 47.0 Å². The van der Waals surface area contributed by atoms with E-state index in [9.17, 15) is 18.4 Å². The fourth-order valence-corrected chi connectivity index (χ4v) is 2.09. The number of nitrogens with zero attached hydrogens (tertiary/aromatic N) is 3. The summed E-state index contributed by atoms with van der Waals surface area (Å²) in [6.45, 7) is 2.43. The van der Waals surface area contributed by atoms with Crippen LogP contribution in [0.1, 0.15) is 13.8 Å². The van der Waals surface area contributed by atoms with E-state index in [4.69, 9.17) is 9.47 Å². The first-order valence-corrected chi connectivity index (χ1v) is 7.87. The molecule has 0 saturated heterocycles. The van der Waals surface area contributed by atoms with Crippen molar-refractivity contribution >= 4 is 11.9 Å². The molecule has 0 bridgehead atoms. The fraction of sp³-hybridized carbons (Fsp3) is 0.412. The molecule has 0 fully saturated rings. The highest BCUT2D eigenvalue weighted by Gasteiger charge is 2.30. The molecule has 0 unspecified atom stereocenters. The minimum absolute atomic E-state index is 0.0312. The van der Waals surface area contributed by atoms with Gasteiger partial charge in [0.1, 0.15) is 18.2 Å². The number of ether oxygens (including phenoxy) is 3. The number of hydrogen-bond donors (Lipinski definition) is 0. The number of aromatic nitrogens is 3. The van der Waals surface area contributed by atoms with E-state index in [1.165, 1.54) is 24.9 Å². The molecule has 0 saturated carbocycles. The van der Waals surface area contributed by atoms with Crippen molar-refractivity contribution in [2.24, 2.45) is 12.5 Å². The SMILES string of the molecule is COC(=O)C(C)(C)COC(=O)COc1nc(-c2ccc(F)cc2F)n(C)n1. The molecule has 0 atom stereocenters. The first-order chi connectivity index (χ1) is 12.6. The Morgan fingerprint density at radius 3 is 2.59 bits per heavy atom. The van der Waals surface area contributed by atoms with E-state index in [1.807, 2.05) is 0 Å². The quantitative estimate of drug-likeness (QED) is 0.674. The zero-order chi connectivity index (χ0) is 20.2. The molecule has 1 aromatic carbocycles. The average molecular weight is 383 g/mol. The third-order valence-electron chi connectivity index (χ3n) is 3.57. The van der Waals surface area contributed by atoms with Crippen molar-refractivity contribution in [1.82, 2.24) is 14.8 Å². The summed E-state index contributed by atoms with van der Waals surface area (Å²) in [7, 11) is 2.73. The van der Waals surface area contributed by atoms with Crippen LogP contribution in [0.25, 0.3) is 11.4 Å². The van der Waals surface area contributed by atoms with Crippen LogP contribution in [0.4, 0.5) is 8.78 Å². The number of rotatable bonds is 7. The van der Waals surface area contributed by atoms with Gasteiger partial charge in [0.05, 0.1) is 18.1 Å². The monoisotopic (exact) mass is 383 g/mol. The van der Waals surface area contributed by atoms with E-state index in [-0.39, 0.29) is 24.0 Å². The summed E-state index contributed by atoms with van der Waals surface area (Å²) in [6.07, 6.45) is 0. The van der Waals surface area contributed by atoms with E-state index < -0.39 is 35.6 Å². The molecule has 0 spiro atoms. The van der Waals surface area contributed by atoms with Crippen LogP contribution in [0.2, 0.25) is 0 Å². The van der Waals surface area contributed by atoms with Crippen LogP contribution in [0.15, 0.2) is 18.2 Å². The molecule has 0 amide bonds. The van der Waals surface area contributed by atoms with Gasteiger partial charge in [-0.3, -0.25) is 4.79 Å². The summed E-state index contributed by atoms with van der Waals surface area (Å²) in [5.74, 6) is -2.68. The Morgan fingerprint density at radius 1 is 1.26 bits per heavy atom. The van der Waals surface area contributed by atoms with Gasteiger partial charge in [-0.05, 0) is 26.0 Å². The second-order valence-corrected chi connectivity index (χ2v) is 6.29. The van der Waals surface area contributed by atoms with Gasteiger partial charge in [0, 0.05) is 13.1 Å². The summed E-state index contributed by atoms with van der Waals surface area (Å²) in [6, 6.07) is 2.86. The Morgan fingerprint density at radius 2 is 1.96 bits per heavy atom. The summed E-state index contributed by atoms with van der Waals surface area (Å²) in [5.41, 5.74) is -0.968. The Bertz CT molecular complexity index is 851. The molecular formula is C17H19F2N3O5. The number of halogens is 2. The molecule has 8 nitrogen and oxygen atoms in total. The van der Waals surface area contributed by atoms with Crippen LogP contribution < -0.4 is 4.74 Å².